The Morgan fingerprint density at radius 1 is 1.00 bits per heavy atom. The molecule has 0 radical (unpaired) electrons. The number of nitrogens with two attached hydrogens (primary N) is 1. The molecule has 4 heteroatoms. The van der Waals surface area contributed by atoms with Crippen LogP contribution in [-0.4, -0.2) is 13.2 Å². The van der Waals surface area contributed by atoms with E-state index < -0.39 is 0 Å². The van der Waals surface area contributed by atoms with Gasteiger partial charge in [0.05, 0.1) is 0 Å². The molecule has 106 valence electrons. The van der Waals surface area contributed by atoms with E-state index in [0.29, 0.717) is 13.2 Å². The van der Waals surface area contributed by atoms with E-state index in [1.165, 1.54) is 0 Å². The summed E-state index contributed by atoms with van der Waals surface area (Å²) in [4.78, 5) is 0. The monoisotopic (exact) mass is 335 g/mol. The minimum atomic E-state index is 0.0106. The van der Waals surface area contributed by atoms with Gasteiger partial charge in [-0.15, -0.1) is 0 Å². The van der Waals surface area contributed by atoms with Gasteiger partial charge >= 0.3 is 0 Å². The minimum absolute atomic E-state index is 0.0106. The van der Waals surface area contributed by atoms with Crippen molar-refractivity contribution in [2.75, 3.05) is 13.2 Å². The van der Waals surface area contributed by atoms with Crippen molar-refractivity contribution in [1.82, 2.24) is 0 Å². The lowest BCUT2D eigenvalue weighted by Crippen LogP contribution is -2.10. The Balaban J connectivity index is 1.80. The van der Waals surface area contributed by atoms with Crippen molar-refractivity contribution in [3.63, 3.8) is 0 Å². The molecule has 1 atom stereocenters. The lowest BCUT2D eigenvalue weighted by atomic mass is 10.1. The molecule has 2 N–H and O–H groups in total. The molecule has 2 aromatic carbocycles. The van der Waals surface area contributed by atoms with E-state index in [4.69, 9.17) is 15.2 Å². The second-order valence-electron chi connectivity index (χ2n) is 4.52. The van der Waals surface area contributed by atoms with Crippen LogP contribution in [0.25, 0.3) is 0 Å². The molecule has 0 bridgehead atoms. The molecule has 0 amide bonds. The predicted octanol–water partition coefficient (Wildman–Crippen LogP) is 3.93. The quantitative estimate of drug-likeness (QED) is 0.813. The molecule has 0 aliphatic rings. The topological polar surface area (TPSA) is 44.5 Å². The molecule has 0 saturated heterocycles. The van der Waals surface area contributed by atoms with Gasteiger partial charge in [-0.1, -0.05) is 34.1 Å². The van der Waals surface area contributed by atoms with E-state index in [9.17, 15) is 0 Å². The fraction of sp³-hybridized carbons (Fsp3) is 0.250. The second kappa shape index (κ2) is 7.31. The molecule has 2 rings (SSSR count). The highest BCUT2D eigenvalue weighted by Crippen LogP contribution is 2.19. The largest absolute Gasteiger partial charge is 0.490 e. The van der Waals surface area contributed by atoms with Crippen molar-refractivity contribution >= 4 is 15.9 Å². The van der Waals surface area contributed by atoms with Gasteiger partial charge in [0.1, 0.15) is 24.7 Å². The summed E-state index contributed by atoms with van der Waals surface area (Å²) in [6, 6.07) is 15.6. The molecule has 1 unspecified atom stereocenters. The first-order valence-corrected chi connectivity index (χ1v) is 7.31. The molecule has 3 nitrogen and oxygen atoms in total. The zero-order chi connectivity index (χ0) is 14.4. The molecular formula is C16H18BrNO2. The van der Waals surface area contributed by atoms with Crippen LogP contribution in [0.4, 0.5) is 0 Å². The van der Waals surface area contributed by atoms with Gasteiger partial charge < -0.3 is 15.2 Å². The summed E-state index contributed by atoms with van der Waals surface area (Å²) in [7, 11) is 0. The van der Waals surface area contributed by atoms with Gasteiger partial charge in [0.2, 0.25) is 0 Å². The van der Waals surface area contributed by atoms with Crippen LogP contribution in [0.1, 0.15) is 18.5 Å². The third-order valence-electron chi connectivity index (χ3n) is 2.80. The molecule has 0 heterocycles. The minimum Gasteiger partial charge on any atom is -0.490 e. The van der Waals surface area contributed by atoms with E-state index in [2.05, 4.69) is 15.9 Å². The number of halogens is 1. The highest BCUT2D eigenvalue weighted by atomic mass is 79.9. The van der Waals surface area contributed by atoms with Gasteiger partial charge in [-0.2, -0.15) is 0 Å². The summed E-state index contributed by atoms with van der Waals surface area (Å²) < 4.78 is 12.3. The summed E-state index contributed by atoms with van der Waals surface area (Å²) in [6.07, 6.45) is 0. The van der Waals surface area contributed by atoms with Crippen molar-refractivity contribution in [3.8, 4) is 11.5 Å². The molecule has 0 saturated carbocycles. The van der Waals surface area contributed by atoms with Crippen LogP contribution in [0.15, 0.2) is 53.0 Å². The Labute approximate surface area is 127 Å². The molecule has 0 spiro atoms. The Kier molecular flexibility index (Phi) is 5.44. The van der Waals surface area contributed by atoms with Crippen LogP contribution in [0.5, 0.6) is 11.5 Å². The lowest BCUT2D eigenvalue weighted by molar-refractivity contribution is 0.217. The zero-order valence-corrected chi connectivity index (χ0v) is 13.0. The maximum absolute atomic E-state index is 5.84. The first-order chi connectivity index (χ1) is 9.65. The Morgan fingerprint density at radius 2 is 1.60 bits per heavy atom. The molecule has 0 aliphatic heterocycles. The third-order valence-corrected chi connectivity index (χ3v) is 3.29. The van der Waals surface area contributed by atoms with Crippen LogP contribution < -0.4 is 15.2 Å². The van der Waals surface area contributed by atoms with E-state index in [0.717, 1.165) is 21.5 Å². The maximum Gasteiger partial charge on any atom is 0.122 e. The molecular weight excluding hydrogens is 318 g/mol. The summed E-state index contributed by atoms with van der Waals surface area (Å²) in [6.45, 7) is 2.95. The van der Waals surface area contributed by atoms with Crippen molar-refractivity contribution in [2.24, 2.45) is 5.73 Å². The number of hydrogen-bond acceptors (Lipinski definition) is 3. The molecule has 20 heavy (non-hydrogen) atoms. The van der Waals surface area contributed by atoms with Crippen molar-refractivity contribution in [1.29, 1.82) is 0 Å². The van der Waals surface area contributed by atoms with Crippen LogP contribution in [0.3, 0.4) is 0 Å². The fourth-order valence-corrected chi connectivity index (χ4v) is 2.14. The number of benzene rings is 2. The normalized spacial score (nSPS) is 11.9. The number of rotatable bonds is 6. The van der Waals surface area contributed by atoms with Gasteiger partial charge in [0.25, 0.3) is 0 Å². The third kappa shape index (κ3) is 4.54. The molecule has 0 aliphatic carbocycles. The SMILES string of the molecule is CC(N)c1cccc(OCCOc2cccc(Br)c2)c1. The standard InChI is InChI=1S/C16H18BrNO2/c1-12(18)13-4-2-6-15(10-13)19-8-9-20-16-7-3-5-14(17)11-16/h2-7,10-12H,8-9,18H2,1H3. The Hall–Kier alpha value is -1.52. The highest BCUT2D eigenvalue weighted by molar-refractivity contribution is 9.10. The van der Waals surface area contributed by atoms with Crippen LogP contribution in [0.2, 0.25) is 0 Å². The van der Waals surface area contributed by atoms with E-state index in [1.807, 2.05) is 55.5 Å². The van der Waals surface area contributed by atoms with Gasteiger partial charge in [0.15, 0.2) is 0 Å². The van der Waals surface area contributed by atoms with E-state index in [1.54, 1.807) is 0 Å². The zero-order valence-electron chi connectivity index (χ0n) is 11.4. The molecule has 2 aromatic rings. The molecule has 0 fully saturated rings. The van der Waals surface area contributed by atoms with E-state index in [-0.39, 0.29) is 6.04 Å². The smallest absolute Gasteiger partial charge is 0.122 e. The van der Waals surface area contributed by atoms with Crippen molar-refractivity contribution in [3.05, 3.63) is 58.6 Å². The summed E-state index contributed by atoms with van der Waals surface area (Å²) in [5.74, 6) is 1.64. The van der Waals surface area contributed by atoms with Gasteiger partial charge in [-0.25, -0.2) is 0 Å². The number of ether oxygens (including phenoxy) is 2. The predicted molar refractivity (Wildman–Crippen MR) is 84.2 cm³/mol. The van der Waals surface area contributed by atoms with Gasteiger partial charge in [0, 0.05) is 10.5 Å². The van der Waals surface area contributed by atoms with Crippen LogP contribution in [0, 0.1) is 0 Å². The first-order valence-electron chi connectivity index (χ1n) is 6.52. The summed E-state index contributed by atoms with van der Waals surface area (Å²) in [5.41, 5.74) is 6.91. The Morgan fingerprint density at radius 3 is 2.20 bits per heavy atom. The van der Waals surface area contributed by atoms with Gasteiger partial charge in [-0.05, 0) is 42.8 Å². The Bertz CT molecular complexity index is 558. The summed E-state index contributed by atoms with van der Waals surface area (Å²) in [5, 5.41) is 0. The molecule has 0 aromatic heterocycles. The van der Waals surface area contributed by atoms with Crippen molar-refractivity contribution in [2.45, 2.75) is 13.0 Å². The lowest BCUT2D eigenvalue weighted by Gasteiger charge is -2.11. The average molecular weight is 336 g/mol. The van der Waals surface area contributed by atoms with Crippen LogP contribution >= 0.6 is 15.9 Å². The second-order valence-corrected chi connectivity index (χ2v) is 5.43. The summed E-state index contributed by atoms with van der Waals surface area (Å²) >= 11 is 3.41. The van der Waals surface area contributed by atoms with Gasteiger partial charge in [-0.3, -0.25) is 0 Å². The first kappa shape index (κ1) is 14.9. The van der Waals surface area contributed by atoms with Crippen molar-refractivity contribution < 1.29 is 9.47 Å². The average Bonchev–Trinajstić information content (AvgIpc) is 2.44. The van der Waals surface area contributed by atoms with Crippen LogP contribution in [-0.2, 0) is 0 Å². The van der Waals surface area contributed by atoms with E-state index >= 15 is 0 Å². The highest BCUT2D eigenvalue weighted by Gasteiger charge is 2.01. The number of hydrogen-bond donors (Lipinski definition) is 1. The maximum atomic E-state index is 5.84. The fourth-order valence-electron chi connectivity index (χ4n) is 1.76.